The maximum atomic E-state index is 11.5. The molecular formula is C10H21N3O2. The third kappa shape index (κ3) is 5.49. The maximum absolute atomic E-state index is 11.5. The lowest BCUT2D eigenvalue weighted by atomic mass is 9.99. The quantitative estimate of drug-likeness (QED) is 0.550. The molecule has 0 fully saturated rings. The standard InChI is InChI=1S/C10H21N3O2/c1-6(2)13-10(15)7(3)4-9(14)8(12)5-11/h6-8H,4-5,11-12H2,1-3H3,(H,13,15)/t7-,8?/m1/s1. The molecule has 1 amide bonds. The highest BCUT2D eigenvalue weighted by molar-refractivity contribution is 5.89. The Morgan fingerprint density at radius 1 is 1.27 bits per heavy atom. The van der Waals surface area contributed by atoms with E-state index in [1.807, 2.05) is 13.8 Å². The van der Waals surface area contributed by atoms with Crippen molar-refractivity contribution in [3.63, 3.8) is 0 Å². The van der Waals surface area contributed by atoms with E-state index in [0.29, 0.717) is 0 Å². The fraction of sp³-hybridized carbons (Fsp3) is 0.800. The van der Waals surface area contributed by atoms with Crippen LogP contribution in [0, 0.1) is 5.92 Å². The molecule has 2 atom stereocenters. The SMILES string of the molecule is CC(C)NC(=O)[C@H](C)CC(=O)C(N)CN. The Hall–Kier alpha value is -0.940. The van der Waals surface area contributed by atoms with Gasteiger partial charge in [-0.05, 0) is 13.8 Å². The van der Waals surface area contributed by atoms with Crippen LogP contribution in [0.4, 0.5) is 0 Å². The Bertz CT molecular complexity index is 229. The molecule has 88 valence electrons. The van der Waals surface area contributed by atoms with E-state index in [0.717, 1.165) is 0 Å². The monoisotopic (exact) mass is 215 g/mol. The molecular weight excluding hydrogens is 194 g/mol. The van der Waals surface area contributed by atoms with Gasteiger partial charge in [0.2, 0.25) is 5.91 Å². The largest absolute Gasteiger partial charge is 0.354 e. The molecule has 0 rings (SSSR count). The molecule has 0 aromatic heterocycles. The van der Waals surface area contributed by atoms with Gasteiger partial charge in [-0.15, -0.1) is 0 Å². The van der Waals surface area contributed by atoms with E-state index in [-0.39, 0.29) is 36.6 Å². The topological polar surface area (TPSA) is 98.2 Å². The van der Waals surface area contributed by atoms with Crippen molar-refractivity contribution in [2.75, 3.05) is 6.54 Å². The number of nitrogens with one attached hydrogen (secondary N) is 1. The normalized spacial score (nSPS) is 14.8. The fourth-order valence-corrected chi connectivity index (χ4v) is 1.10. The van der Waals surface area contributed by atoms with Gasteiger partial charge in [0.1, 0.15) is 0 Å². The molecule has 0 aliphatic heterocycles. The molecule has 0 aliphatic carbocycles. The van der Waals surface area contributed by atoms with E-state index in [1.54, 1.807) is 6.92 Å². The van der Waals surface area contributed by atoms with E-state index in [4.69, 9.17) is 11.5 Å². The molecule has 15 heavy (non-hydrogen) atoms. The third-order valence-corrected chi connectivity index (χ3v) is 2.05. The number of carbonyl (C=O) groups excluding carboxylic acids is 2. The Labute approximate surface area is 90.6 Å². The molecule has 0 radical (unpaired) electrons. The zero-order valence-electron chi connectivity index (χ0n) is 9.62. The van der Waals surface area contributed by atoms with Crippen LogP contribution in [-0.2, 0) is 9.59 Å². The third-order valence-electron chi connectivity index (χ3n) is 2.05. The first-order valence-electron chi connectivity index (χ1n) is 5.17. The number of nitrogens with two attached hydrogens (primary N) is 2. The molecule has 0 aromatic carbocycles. The number of hydrogen-bond acceptors (Lipinski definition) is 4. The van der Waals surface area contributed by atoms with Gasteiger partial charge in [-0.3, -0.25) is 9.59 Å². The minimum atomic E-state index is -0.653. The average molecular weight is 215 g/mol. The van der Waals surface area contributed by atoms with Crippen LogP contribution in [-0.4, -0.2) is 30.3 Å². The maximum Gasteiger partial charge on any atom is 0.223 e. The molecule has 0 saturated heterocycles. The smallest absolute Gasteiger partial charge is 0.223 e. The first-order chi connectivity index (χ1) is 6.88. The summed E-state index contributed by atoms with van der Waals surface area (Å²) in [5, 5.41) is 2.74. The van der Waals surface area contributed by atoms with Crippen LogP contribution in [0.25, 0.3) is 0 Å². The predicted molar refractivity (Wildman–Crippen MR) is 59.1 cm³/mol. The number of amides is 1. The summed E-state index contributed by atoms with van der Waals surface area (Å²) in [5.74, 6) is -0.635. The van der Waals surface area contributed by atoms with Crippen molar-refractivity contribution >= 4 is 11.7 Å². The summed E-state index contributed by atoms with van der Waals surface area (Å²) >= 11 is 0. The van der Waals surface area contributed by atoms with E-state index < -0.39 is 6.04 Å². The zero-order chi connectivity index (χ0) is 12.0. The molecule has 0 aromatic rings. The second kappa shape index (κ2) is 6.53. The molecule has 1 unspecified atom stereocenters. The van der Waals surface area contributed by atoms with Crippen molar-refractivity contribution in [1.29, 1.82) is 0 Å². The number of Topliss-reactive ketones (excluding diaryl/α,β-unsaturated/α-hetero) is 1. The van der Waals surface area contributed by atoms with Crippen LogP contribution in [0.2, 0.25) is 0 Å². The lowest BCUT2D eigenvalue weighted by molar-refractivity contribution is -0.129. The zero-order valence-corrected chi connectivity index (χ0v) is 9.62. The number of ketones is 1. The predicted octanol–water partition coefficient (Wildman–Crippen LogP) is -0.608. The van der Waals surface area contributed by atoms with Crippen LogP contribution in [0.3, 0.4) is 0 Å². The Morgan fingerprint density at radius 2 is 1.80 bits per heavy atom. The van der Waals surface area contributed by atoms with Crippen LogP contribution < -0.4 is 16.8 Å². The van der Waals surface area contributed by atoms with E-state index in [1.165, 1.54) is 0 Å². The van der Waals surface area contributed by atoms with Crippen LogP contribution in [0.5, 0.6) is 0 Å². The summed E-state index contributed by atoms with van der Waals surface area (Å²) in [6, 6.07) is -0.572. The molecule has 0 heterocycles. The summed E-state index contributed by atoms with van der Waals surface area (Å²) in [7, 11) is 0. The summed E-state index contributed by atoms with van der Waals surface area (Å²) in [4.78, 5) is 22.9. The first-order valence-corrected chi connectivity index (χ1v) is 5.17. The van der Waals surface area contributed by atoms with E-state index in [2.05, 4.69) is 5.32 Å². The molecule has 5 N–H and O–H groups in total. The average Bonchev–Trinajstić information content (AvgIpc) is 2.15. The van der Waals surface area contributed by atoms with Crippen molar-refractivity contribution in [2.45, 2.75) is 39.3 Å². The minimum absolute atomic E-state index is 0.0817. The van der Waals surface area contributed by atoms with Crippen LogP contribution >= 0.6 is 0 Å². The van der Waals surface area contributed by atoms with Gasteiger partial charge in [-0.1, -0.05) is 6.92 Å². The van der Waals surface area contributed by atoms with Gasteiger partial charge in [0.25, 0.3) is 0 Å². The van der Waals surface area contributed by atoms with Gasteiger partial charge in [-0.25, -0.2) is 0 Å². The Morgan fingerprint density at radius 3 is 2.20 bits per heavy atom. The lowest BCUT2D eigenvalue weighted by Gasteiger charge is -2.15. The molecule has 0 bridgehead atoms. The summed E-state index contributed by atoms with van der Waals surface area (Å²) in [6.45, 7) is 5.58. The number of rotatable bonds is 6. The molecule has 5 heteroatoms. The highest BCUT2D eigenvalue weighted by Gasteiger charge is 2.20. The van der Waals surface area contributed by atoms with Crippen molar-refractivity contribution < 1.29 is 9.59 Å². The Kier molecular flexibility index (Phi) is 6.12. The van der Waals surface area contributed by atoms with Crippen molar-refractivity contribution in [3.8, 4) is 0 Å². The number of hydrogen-bond donors (Lipinski definition) is 3. The summed E-state index contributed by atoms with van der Waals surface area (Å²) in [6.07, 6.45) is 0.150. The summed E-state index contributed by atoms with van der Waals surface area (Å²) in [5.41, 5.74) is 10.7. The summed E-state index contributed by atoms with van der Waals surface area (Å²) < 4.78 is 0. The van der Waals surface area contributed by atoms with Crippen LogP contribution in [0.1, 0.15) is 27.2 Å². The van der Waals surface area contributed by atoms with Gasteiger partial charge in [0.05, 0.1) is 6.04 Å². The molecule has 5 nitrogen and oxygen atoms in total. The van der Waals surface area contributed by atoms with E-state index >= 15 is 0 Å². The first kappa shape index (κ1) is 14.1. The number of carbonyl (C=O) groups is 2. The minimum Gasteiger partial charge on any atom is -0.354 e. The Balaban J connectivity index is 4.07. The highest BCUT2D eigenvalue weighted by Crippen LogP contribution is 2.04. The second-order valence-electron chi connectivity index (χ2n) is 4.08. The van der Waals surface area contributed by atoms with Crippen molar-refractivity contribution in [1.82, 2.24) is 5.32 Å². The molecule has 0 saturated carbocycles. The highest BCUT2D eigenvalue weighted by atomic mass is 16.2. The van der Waals surface area contributed by atoms with Crippen molar-refractivity contribution in [2.24, 2.45) is 17.4 Å². The van der Waals surface area contributed by atoms with Crippen molar-refractivity contribution in [3.05, 3.63) is 0 Å². The molecule has 0 aliphatic rings. The molecule has 0 spiro atoms. The lowest BCUT2D eigenvalue weighted by Crippen LogP contribution is -2.41. The van der Waals surface area contributed by atoms with Gasteiger partial charge in [0.15, 0.2) is 5.78 Å². The van der Waals surface area contributed by atoms with Gasteiger partial charge in [-0.2, -0.15) is 0 Å². The van der Waals surface area contributed by atoms with E-state index in [9.17, 15) is 9.59 Å². The fourth-order valence-electron chi connectivity index (χ4n) is 1.10. The van der Waals surface area contributed by atoms with Gasteiger partial charge >= 0.3 is 0 Å². The second-order valence-corrected chi connectivity index (χ2v) is 4.08. The van der Waals surface area contributed by atoms with Crippen LogP contribution in [0.15, 0.2) is 0 Å². The van der Waals surface area contributed by atoms with Gasteiger partial charge < -0.3 is 16.8 Å². The van der Waals surface area contributed by atoms with Gasteiger partial charge in [0, 0.05) is 24.9 Å².